The molecule has 1 aromatic rings. The van der Waals surface area contributed by atoms with Crippen molar-refractivity contribution in [2.45, 2.75) is 26.2 Å². The molecule has 0 saturated carbocycles. The van der Waals surface area contributed by atoms with Crippen molar-refractivity contribution in [1.29, 1.82) is 5.26 Å². The van der Waals surface area contributed by atoms with E-state index in [1.54, 1.807) is 6.07 Å². The number of pyridine rings is 1. The van der Waals surface area contributed by atoms with Crippen molar-refractivity contribution in [3.63, 3.8) is 0 Å². The highest BCUT2D eigenvalue weighted by Crippen LogP contribution is 2.25. The van der Waals surface area contributed by atoms with Gasteiger partial charge in [0.15, 0.2) is 6.61 Å². The van der Waals surface area contributed by atoms with E-state index < -0.39 is 5.91 Å². The lowest BCUT2D eigenvalue weighted by molar-refractivity contribution is -0.138. The van der Waals surface area contributed by atoms with Crippen LogP contribution in [-0.2, 0) is 14.3 Å². The quantitative estimate of drug-likeness (QED) is 0.888. The molecule has 3 rings (SSSR count). The summed E-state index contributed by atoms with van der Waals surface area (Å²) in [5.74, 6) is 0.282. The highest BCUT2D eigenvalue weighted by atomic mass is 16.5. The average molecular weight is 353 g/mol. The third-order valence-corrected chi connectivity index (χ3v) is 4.23. The van der Waals surface area contributed by atoms with Gasteiger partial charge in [-0.05, 0) is 37.3 Å². The maximum atomic E-state index is 12.2. The Morgan fingerprint density at radius 1 is 1.50 bits per heavy atom. The fourth-order valence-electron chi connectivity index (χ4n) is 2.71. The van der Waals surface area contributed by atoms with E-state index in [0.717, 1.165) is 29.8 Å². The van der Waals surface area contributed by atoms with Crippen LogP contribution in [0.5, 0.6) is 0 Å². The molecule has 1 atom stereocenters. The van der Waals surface area contributed by atoms with Crippen LogP contribution >= 0.6 is 0 Å². The Bertz CT molecular complexity index is 807. The molecule has 1 aromatic heterocycles. The fourth-order valence-corrected chi connectivity index (χ4v) is 2.71. The summed E-state index contributed by atoms with van der Waals surface area (Å²) in [4.78, 5) is 28.1. The van der Waals surface area contributed by atoms with E-state index in [4.69, 9.17) is 10.00 Å². The van der Waals surface area contributed by atoms with Crippen LogP contribution < -0.4 is 5.32 Å². The van der Waals surface area contributed by atoms with Gasteiger partial charge in [-0.3, -0.25) is 9.59 Å². The van der Waals surface area contributed by atoms with Crippen LogP contribution in [0, 0.1) is 17.2 Å². The summed E-state index contributed by atoms with van der Waals surface area (Å²) in [6, 6.07) is 4.98. The molecule has 1 N–H and O–H groups in total. The number of carbonyl (C=O) groups is 2. The highest BCUT2D eigenvalue weighted by molar-refractivity contribution is 5.99. The lowest BCUT2D eigenvalue weighted by Gasteiger charge is -2.26. The van der Waals surface area contributed by atoms with Gasteiger partial charge in [0.25, 0.3) is 5.91 Å². The Hall–Kier alpha value is -3.21. The number of hydrogen-bond donors (Lipinski definition) is 1. The van der Waals surface area contributed by atoms with Crippen LogP contribution in [0.4, 0.5) is 5.69 Å². The molecule has 1 aliphatic heterocycles. The van der Waals surface area contributed by atoms with E-state index in [2.05, 4.69) is 28.4 Å². The highest BCUT2D eigenvalue weighted by Gasteiger charge is 2.26. The van der Waals surface area contributed by atoms with Gasteiger partial charge in [0.05, 0.1) is 11.9 Å². The predicted octanol–water partition coefficient (Wildman–Crippen LogP) is 1.81. The third kappa shape index (κ3) is 4.25. The number of hydrogen-bond acceptors (Lipinski definition) is 6. The number of hydrazone groups is 1. The minimum Gasteiger partial charge on any atom is -0.466 e. The van der Waals surface area contributed by atoms with Gasteiger partial charge in [-0.15, -0.1) is 5.10 Å². The molecule has 2 heterocycles. The second-order valence-electron chi connectivity index (χ2n) is 6.35. The lowest BCUT2D eigenvalue weighted by Crippen LogP contribution is -2.41. The van der Waals surface area contributed by atoms with Crippen molar-refractivity contribution in [1.82, 2.24) is 9.99 Å². The monoisotopic (exact) mass is 353 g/mol. The largest absolute Gasteiger partial charge is 0.466 e. The number of carbonyl (C=O) groups excluding carboxylic acids is 2. The zero-order valence-electron chi connectivity index (χ0n) is 14.4. The number of anilines is 1. The molecule has 0 saturated heterocycles. The molecule has 8 heteroatoms. The summed E-state index contributed by atoms with van der Waals surface area (Å²) in [6.07, 6.45) is 6.33. The minimum absolute atomic E-state index is 0.128. The normalized spacial score (nSPS) is 19.8. The van der Waals surface area contributed by atoms with E-state index >= 15 is 0 Å². The molecular weight excluding hydrogens is 334 g/mol. The van der Waals surface area contributed by atoms with Gasteiger partial charge in [-0.25, -0.2) is 9.99 Å². The van der Waals surface area contributed by atoms with Crippen LogP contribution in [0.1, 0.15) is 31.9 Å². The molecule has 26 heavy (non-hydrogen) atoms. The fraction of sp³-hybridized carbons (Fsp3) is 0.389. The van der Waals surface area contributed by atoms with Gasteiger partial charge >= 0.3 is 0 Å². The van der Waals surface area contributed by atoms with Crippen molar-refractivity contribution >= 4 is 23.4 Å². The van der Waals surface area contributed by atoms with Gasteiger partial charge in [-0.2, -0.15) is 5.26 Å². The van der Waals surface area contributed by atoms with Crippen LogP contribution in [0.2, 0.25) is 0 Å². The Labute approximate surface area is 151 Å². The number of amides is 2. The molecule has 8 nitrogen and oxygen atoms in total. The Kier molecular flexibility index (Phi) is 5.27. The van der Waals surface area contributed by atoms with E-state index in [0.29, 0.717) is 17.5 Å². The Balaban J connectivity index is 1.65. The van der Waals surface area contributed by atoms with Crippen molar-refractivity contribution in [3.8, 4) is 6.07 Å². The molecule has 1 unspecified atom stereocenters. The van der Waals surface area contributed by atoms with E-state index in [1.165, 1.54) is 12.3 Å². The van der Waals surface area contributed by atoms with Crippen molar-refractivity contribution in [2.24, 2.45) is 11.0 Å². The van der Waals surface area contributed by atoms with E-state index in [9.17, 15) is 9.59 Å². The summed E-state index contributed by atoms with van der Waals surface area (Å²) < 4.78 is 5.44. The summed E-state index contributed by atoms with van der Waals surface area (Å²) in [7, 11) is 0. The van der Waals surface area contributed by atoms with Gasteiger partial charge in [0.2, 0.25) is 11.8 Å². The van der Waals surface area contributed by atoms with Gasteiger partial charge in [0.1, 0.15) is 18.3 Å². The van der Waals surface area contributed by atoms with E-state index in [-0.39, 0.29) is 24.8 Å². The summed E-state index contributed by atoms with van der Waals surface area (Å²) in [5, 5.41) is 16.7. The SMILES string of the molecule is CC1CC=C(C2=NN(CC(=O)Nc3ccc(C#N)nc3)C(=O)CO2)CC1. The number of nitriles is 1. The van der Waals surface area contributed by atoms with Crippen LogP contribution in [0.15, 0.2) is 35.1 Å². The number of nitrogens with zero attached hydrogens (tertiary/aromatic N) is 4. The zero-order chi connectivity index (χ0) is 18.5. The summed E-state index contributed by atoms with van der Waals surface area (Å²) in [5.41, 5.74) is 1.69. The van der Waals surface area contributed by atoms with Gasteiger partial charge in [0, 0.05) is 5.57 Å². The van der Waals surface area contributed by atoms with Crippen molar-refractivity contribution in [3.05, 3.63) is 35.7 Å². The van der Waals surface area contributed by atoms with Crippen molar-refractivity contribution < 1.29 is 14.3 Å². The maximum Gasteiger partial charge on any atom is 0.281 e. The molecule has 0 radical (unpaired) electrons. The molecule has 1 aliphatic carbocycles. The molecule has 0 fully saturated rings. The Morgan fingerprint density at radius 3 is 3.00 bits per heavy atom. The van der Waals surface area contributed by atoms with E-state index in [1.807, 2.05) is 6.07 Å². The number of ether oxygens (including phenoxy) is 1. The first-order chi connectivity index (χ1) is 12.5. The third-order valence-electron chi connectivity index (χ3n) is 4.23. The van der Waals surface area contributed by atoms with Gasteiger partial charge in [-0.1, -0.05) is 13.0 Å². The molecule has 0 bridgehead atoms. The molecular formula is C18H19N5O3. The molecule has 2 aliphatic rings. The second kappa shape index (κ2) is 7.78. The number of rotatable bonds is 4. The molecule has 0 aromatic carbocycles. The van der Waals surface area contributed by atoms with Crippen molar-refractivity contribution in [2.75, 3.05) is 18.5 Å². The zero-order valence-corrected chi connectivity index (χ0v) is 14.4. The first kappa shape index (κ1) is 17.6. The minimum atomic E-state index is -0.402. The summed E-state index contributed by atoms with van der Waals surface area (Å²) in [6.45, 7) is 1.85. The first-order valence-corrected chi connectivity index (χ1v) is 8.42. The summed E-state index contributed by atoms with van der Waals surface area (Å²) >= 11 is 0. The molecule has 0 spiro atoms. The standard InChI is InChI=1S/C18H19N5O3/c1-12-2-4-13(5-3-12)18-22-23(17(25)11-26-18)10-16(24)21-15-7-6-14(8-19)20-9-15/h4,6-7,9,12H,2-3,5,10-11H2,1H3,(H,21,24). The second-order valence-corrected chi connectivity index (χ2v) is 6.35. The topological polar surface area (TPSA) is 108 Å². The average Bonchev–Trinajstić information content (AvgIpc) is 2.65. The number of allylic oxidation sites excluding steroid dienone is 1. The number of nitrogens with one attached hydrogen (secondary N) is 1. The number of aromatic nitrogens is 1. The predicted molar refractivity (Wildman–Crippen MR) is 93.8 cm³/mol. The maximum absolute atomic E-state index is 12.2. The van der Waals surface area contributed by atoms with Gasteiger partial charge < -0.3 is 10.1 Å². The van der Waals surface area contributed by atoms with Crippen LogP contribution in [-0.4, -0.2) is 40.9 Å². The van der Waals surface area contributed by atoms with Crippen LogP contribution in [0.25, 0.3) is 0 Å². The first-order valence-electron chi connectivity index (χ1n) is 8.42. The molecule has 134 valence electrons. The smallest absolute Gasteiger partial charge is 0.281 e. The molecule has 2 amide bonds. The van der Waals surface area contributed by atoms with Crippen LogP contribution in [0.3, 0.4) is 0 Å². The lowest BCUT2D eigenvalue weighted by atomic mass is 9.91. The Morgan fingerprint density at radius 2 is 2.35 bits per heavy atom.